The fraction of sp³-hybridized carbons (Fsp3) is 0.250. The van der Waals surface area contributed by atoms with Crippen LogP contribution < -0.4 is 4.74 Å². The number of aromatic nitrogens is 2. The largest absolute Gasteiger partial charge is 0.435 e. The van der Waals surface area contributed by atoms with E-state index in [0.29, 0.717) is 5.88 Å². The average molecular weight is 302 g/mol. The van der Waals surface area contributed by atoms with Crippen LogP contribution in [0.15, 0.2) is 36.7 Å². The van der Waals surface area contributed by atoms with Crippen LogP contribution in [0.2, 0.25) is 0 Å². The Kier molecular flexibility index (Phi) is 3.37. The van der Waals surface area contributed by atoms with Crippen LogP contribution in [0.1, 0.15) is 25.6 Å². The van der Waals surface area contributed by atoms with Crippen LogP contribution in [-0.2, 0) is 5.41 Å². The molecular weight excluding hydrogens is 287 g/mol. The highest BCUT2D eigenvalue weighted by molar-refractivity contribution is 7.18. The number of fused-ring (bicyclic) bond motifs is 1. The summed E-state index contributed by atoms with van der Waals surface area (Å²) >= 11 is 1.61. The van der Waals surface area contributed by atoms with Gasteiger partial charge >= 0.3 is 0 Å². The minimum absolute atomic E-state index is 0.0284. The number of halogens is 1. The van der Waals surface area contributed by atoms with Crippen molar-refractivity contribution in [2.24, 2.45) is 0 Å². The lowest BCUT2D eigenvalue weighted by molar-refractivity contribution is 0.431. The first kappa shape index (κ1) is 13.9. The second kappa shape index (κ2) is 5.07. The first-order chi connectivity index (χ1) is 9.95. The van der Waals surface area contributed by atoms with E-state index >= 15 is 0 Å². The highest BCUT2D eigenvalue weighted by atomic mass is 32.1. The van der Waals surface area contributed by atoms with Crippen molar-refractivity contribution in [2.45, 2.75) is 26.2 Å². The van der Waals surface area contributed by atoms with Gasteiger partial charge < -0.3 is 4.74 Å². The third kappa shape index (κ3) is 2.74. The summed E-state index contributed by atoms with van der Waals surface area (Å²) in [5.74, 6) is 0.147. The first-order valence-electron chi connectivity index (χ1n) is 6.62. The Hall–Kier alpha value is -2.01. The molecule has 0 unspecified atom stereocenters. The highest BCUT2D eigenvalue weighted by Gasteiger charge is 2.20. The summed E-state index contributed by atoms with van der Waals surface area (Å²) in [5.41, 5.74) is 0.0284. The standard InChI is InChI=1S/C16H15FN2OS/c1-16(2,3)13-8-10-14(18-9-19-15(10)21-13)20-12-7-5-4-6-11(12)17/h4-9H,1-3H3. The van der Waals surface area contributed by atoms with Crippen LogP contribution in [0.25, 0.3) is 10.2 Å². The van der Waals surface area contributed by atoms with Gasteiger partial charge in [0, 0.05) is 4.88 Å². The molecule has 3 rings (SSSR count). The number of benzene rings is 1. The molecule has 5 heteroatoms. The molecule has 0 spiro atoms. The lowest BCUT2D eigenvalue weighted by Gasteiger charge is -2.14. The molecule has 108 valence electrons. The zero-order valence-corrected chi connectivity index (χ0v) is 12.9. The summed E-state index contributed by atoms with van der Waals surface area (Å²) in [4.78, 5) is 10.5. The van der Waals surface area contributed by atoms with E-state index in [1.807, 2.05) is 6.07 Å². The van der Waals surface area contributed by atoms with Gasteiger partial charge in [0.25, 0.3) is 0 Å². The van der Waals surface area contributed by atoms with E-state index in [-0.39, 0.29) is 11.2 Å². The smallest absolute Gasteiger partial charge is 0.231 e. The van der Waals surface area contributed by atoms with Crippen LogP contribution in [-0.4, -0.2) is 9.97 Å². The van der Waals surface area contributed by atoms with Crippen molar-refractivity contribution in [3.05, 3.63) is 47.4 Å². The summed E-state index contributed by atoms with van der Waals surface area (Å²) in [7, 11) is 0. The molecule has 2 aromatic heterocycles. The van der Waals surface area contributed by atoms with Gasteiger partial charge in [0.2, 0.25) is 5.88 Å². The van der Waals surface area contributed by atoms with Crippen molar-refractivity contribution in [2.75, 3.05) is 0 Å². The maximum Gasteiger partial charge on any atom is 0.231 e. The third-order valence-corrected chi connectivity index (χ3v) is 4.54. The molecule has 0 aliphatic rings. The number of ether oxygens (including phenoxy) is 1. The molecule has 3 nitrogen and oxygen atoms in total. The van der Waals surface area contributed by atoms with E-state index in [1.54, 1.807) is 29.5 Å². The molecule has 0 radical (unpaired) electrons. The van der Waals surface area contributed by atoms with Gasteiger partial charge in [-0.05, 0) is 23.6 Å². The molecular formula is C16H15FN2OS. The quantitative estimate of drug-likeness (QED) is 0.674. The Morgan fingerprint density at radius 2 is 1.90 bits per heavy atom. The van der Waals surface area contributed by atoms with E-state index in [4.69, 9.17) is 4.74 Å². The topological polar surface area (TPSA) is 35.0 Å². The summed E-state index contributed by atoms with van der Waals surface area (Å²) < 4.78 is 19.3. The molecule has 21 heavy (non-hydrogen) atoms. The SMILES string of the molecule is CC(C)(C)c1cc2c(Oc3ccccc3F)ncnc2s1. The number of nitrogens with zero attached hydrogens (tertiary/aromatic N) is 2. The number of hydrogen-bond acceptors (Lipinski definition) is 4. The molecule has 0 saturated carbocycles. The second-order valence-corrected chi connectivity index (χ2v) is 6.82. The van der Waals surface area contributed by atoms with Crippen LogP contribution in [0.4, 0.5) is 4.39 Å². The minimum atomic E-state index is -0.407. The predicted molar refractivity (Wildman–Crippen MR) is 82.6 cm³/mol. The molecule has 0 amide bonds. The van der Waals surface area contributed by atoms with Gasteiger partial charge in [-0.2, -0.15) is 0 Å². The Balaban J connectivity index is 2.07. The molecule has 2 heterocycles. The highest BCUT2D eigenvalue weighted by Crippen LogP contribution is 2.37. The zero-order chi connectivity index (χ0) is 15.0. The Labute approximate surface area is 126 Å². The Bertz CT molecular complexity index is 792. The maximum atomic E-state index is 13.7. The van der Waals surface area contributed by atoms with Crippen LogP contribution in [0.5, 0.6) is 11.6 Å². The monoisotopic (exact) mass is 302 g/mol. The van der Waals surface area contributed by atoms with Gasteiger partial charge in [0.1, 0.15) is 11.2 Å². The van der Waals surface area contributed by atoms with Gasteiger partial charge in [-0.15, -0.1) is 11.3 Å². The van der Waals surface area contributed by atoms with Gasteiger partial charge in [0.05, 0.1) is 5.39 Å². The lowest BCUT2D eigenvalue weighted by atomic mass is 9.94. The van der Waals surface area contributed by atoms with E-state index in [9.17, 15) is 4.39 Å². The molecule has 0 fully saturated rings. The molecule has 0 bridgehead atoms. The first-order valence-corrected chi connectivity index (χ1v) is 7.44. The van der Waals surface area contributed by atoms with Gasteiger partial charge in [-0.3, -0.25) is 0 Å². The molecule has 3 aromatic rings. The summed E-state index contributed by atoms with van der Waals surface area (Å²) in [5, 5.41) is 0.815. The fourth-order valence-corrected chi connectivity index (χ4v) is 2.96. The second-order valence-electron chi connectivity index (χ2n) is 5.79. The summed E-state index contributed by atoms with van der Waals surface area (Å²) in [6.07, 6.45) is 1.45. The van der Waals surface area contributed by atoms with Gasteiger partial charge in [-0.25, -0.2) is 14.4 Å². The number of para-hydroxylation sites is 1. The molecule has 0 atom stereocenters. The van der Waals surface area contributed by atoms with E-state index in [2.05, 4.69) is 30.7 Å². The Morgan fingerprint density at radius 1 is 1.14 bits per heavy atom. The van der Waals surface area contributed by atoms with Crippen molar-refractivity contribution in [3.8, 4) is 11.6 Å². The predicted octanol–water partition coefficient (Wildman–Crippen LogP) is 4.92. The van der Waals surface area contributed by atoms with Gasteiger partial charge in [-0.1, -0.05) is 32.9 Å². The van der Waals surface area contributed by atoms with Crippen molar-refractivity contribution >= 4 is 21.6 Å². The summed E-state index contributed by atoms with van der Waals surface area (Å²) in [6, 6.07) is 8.32. The summed E-state index contributed by atoms with van der Waals surface area (Å²) in [6.45, 7) is 6.42. The van der Waals surface area contributed by atoms with Crippen molar-refractivity contribution < 1.29 is 9.13 Å². The van der Waals surface area contributed by atoms with E-state index < -0.39 is 5.82 Å². The van der Waals surface area contributed by atoms with Crippen LogP contribution >= 0.6 is 11.3 Å². The van der Waals surface area contributed by atoms with Crippen LogP contribution in [0.3, 0.4) is 0 Å². The molecule has 0 aliphatic heterocycles. The molecule has 0 N–H and O–H groups in total. The Morgan fingerprint density at radius 3 is 2.62 bits per heavy atom. The van der Waals surface area contributed by atoms with Crippen molar-refractivity contribution in [3.63, 3.8) is 0 Å². The maximum absolute atomic E-state index is 13.7. The fourth-order valence-electron chi connectivity index (χ4n) is 1.92. The number of rotatable bonds is 2. The van der Waals surface area contributed by atoms with Crippen molar-refractivity contribution in [1.29, 1.82) is 0 Å². The number of thiophene rings is 1. The molecule has 0 saturated heterocycles. The third-order valence-electron chi connectivity index (χ3n) is 3.08. The minimum Gasteiger partial charge on any atom is -0.435 e. The van der Waals surface area contributed by atoms with E-state index in [1.165, 1.54) is 17.3 Å². The van der Waals surface area contributed by atoms with Crippen molar-refractivity contribution in [1.82, 2.24) is 9.97 Å². The molecule has 1 aromatic carbocycles. The molecule has 0 aliphatic carbocycles. The van der Waals surface area contributed by atoms with Gasteiger partial charge in [0.15, 0.2) is 11.6 Å². The lowest BCUT2D eigenvalue weighted by Crippen LogP contribution is -2.07. The zero-order valence-electron chi connectivity index (χ0n) is 12.1. The average Bonchev–Trinajstić information content (AvgIpc) is 2.86. The van der Waals surface area contributed by atoms with Crippen LogP contribution in [0, 0.1) is 5.82 Å². The van der Waals surface area contributed by atoms with E-state index in [0.717, 1.165) is 10.2 Å². The normalized spacial score (nSPS) is 11.8. The number of hydrogen-bond donors (Lipinski definition) is 0.